The molecule has 1 aromatic rings. The van der Waals surface area contributed by atoms with Gasteiger partial charge in [0, 0.05) is 58.3 Å². The Kier molecular flexibility index (Phi) is 10.6. The molecule has 0 saturated carbocycles. The van der Waals surface area contributed by atoms with Crippen molar-refractivity contribution in [2.24, 2.45) is 4.99 Å². The van der Waals surface area contributed by atoms with Gasteiger partial charge < -0.3 is 25.2 Å². The van der Waals surface area contributed by atoms with E-state index in [0.717, 1.165) is 25.6 Å². The average molecular weight is 503 g/mol. The highest BCUT2D eigenvalue weighted by Crippen LogP contribution is 2.17. The Bertz CT molecular complexity index is 675. The molecule has 8 nitrogen and oxygen atoms in total. The molecule has 0 radical (unpaired) electrons. The molecular weight excluding hydrogens is 473 g/mol. The third-order valence-corrected chi connectivity index (χ3v) is 4.14. The van der Waals surface area contributed by atoms with Gasteiger partial charge in [-0.2, -0.15) is 0 Å². The van der Waals surface area contributed by atoms with Gasteiger partial charge in [-0.1, -0.05) is 6.07 Å². The number of benzene rings is 1. The predicted molar refractivity (Wildman–Crippen MR) is 121 cm³/mol. The smallest absolute Gasteiger partial charge is 0.221 e. The van der Waals surface area contributed by atoms with Gasteiger partial charge in [0.25, 0.3) is 0 Å². The molecule has 0 atom stereocenters. The summed E-state index contributed by atoms with van der Waals surface area (Å²) >= 11 is 0. The summed E-state index contributed by atoms with van der Waals surface area (Å²) in [6.45, 7) is 9.81. The zero-order valence-corrected chi connectivity index (χ0v) is 19.1. The van der Waals surface area contributed by atoms with Gasteiger partial charge in [-0.25, -0.2) is 4.99 Å². The number of halogens is 1. The van der Waals surface area contributed by atoms with Gasteiger partial charge in [0.1, 0.15) is 12.4 Å². The molecule has 2 amide bonds. The fourth-order valence-corrected chi connectivity index (χ4v) is 2.84. The molecule has 0 aromatic heterocycles. The summed E-state index contributed by atoms with van der Waals surface area (Å²) in [5, 5.41) is 6.03. The Hall–Kier alpha value is -2.04. The van der Waals surface area contributed by atoms with Crippen molar-refractivity contribution in [1.29, 1.82) is 0 Å². The molecule has 2 rings (SSSR count). The number of nitrogens with zero attached hydrogens (tertiary/aromatic N) is 3. The highest BCUT2D eigenvalue weighted by molar-refractivity contribution is 14.0. The summed E-state index contributed by atoms with van der Waals surface area (Å²) in [7, 11) is 0. The minimum atomic E-state index is -0.114. The summed E-state index contributed by atoms with van der Waals surface area (Å²) in [6, 6.07) is 7.29. The first-order valence-electron chi connectivity index (χ1n) is 9.29. The minimum Gasteiger partial charge on any atom is -0.492 e. The number of nitrogens with one attached hydrogen (secondary N) is 2. The number of aliphatic imine (C=N–C) groups is 1. The molecule has 1 aromatic carbocycles. The summed E-state index contributed by atoms with van der Waals surface area (Å²) in [5.41, 5.74) is 0.709. The second-order valence-electron chi connectivity index (χ2n) is 6.29. The van der Waals surface area contributed by atoms with E-state index in [2.05, 4.69) is 20.5 Å². The van der Waals surface area contributed by atoms with E-state index in [1.165, 1.54) is 6.92 Å². The SMILES string of the molecule is CCNC(=NCCOc1cccc(NC(C)=O)c1)N1CCN(C(C)=O)CC1.I. The van der Waals surface area contributed by atoms with Gasteiger partial charge in [-0.05, 0) is 19.1 Å². The van der Waals surface area contributed by atoms with Crippen LogP contribution < -0.4 is 15.4 Å². The lowest BCUT2D eigenvalue weighted by Crippen LogP contribution is -2.53. The van der Waals surface area contributed by atoms with Gasteiger partial charge in [-0.15, -0.1) is 24.0 Å². The average Bonchev–Trinajstić information content (AvgIpc) is 2.64. The van der Waals surface area contributed by atoms with E-state index in [-0.39, 0.29) is 35.8 Å². The van der Waals surface area contributed by atoms with Crippen LogP contribution in [0, 0.1) is 0 Å². The Balaban J connectivity index is 0.00000392. The Labute approximate surface area is 183 Å². The second-order valence-corrected chi connectivity index (χ2v) is 6.29. The molecule has 0 aliphatic carbocycles. The molecule has 1 heterocycles. The molecule has 1 aliphatic rings. The van der Waals surface area contributed by atoms with Gasteiger partial charge in [0.2, 0.25) is 11.8 Å². The molecule has 1 fully saturated rings. The monoisotopic (exact) mass is 503 g/mol. The maximum absolute atomic E-state index is 11.5. The highest BCUT2D eigenvalue weighted by atomic mass is 127. The van der Waals surface area contributed by atoms with Gasteiger partial charge in [-0.3, -0.25) is 9.59 Å². The lowest BCUT2D eigenvalue weighted by molar-refractivity contribution is -0.130. The van der Waals surface area contributed by atoms with E-state index >= 15 is 0 Å². The first-order valence-corrected chi connectivity index (χ1v) is 9.29. The van der Waals surface area contributed by atoms with Crippen molar-refractivity contribution in [1.82, 2.24) is 15.1 Å². The van der Waals surface area contributed by atoms with Crippen molar-refractivity contribution in [3.63, 3.8) is 0 Å². The van der Waals surface area contributed by atoms with Gasteiger partial charge >= 0.3 is 0 Å². The lowest BCUT2D eigenvalue weighted by atomic mass is 10.3. The van der Waals surface area contributed by atoms with Gasteiger partial charge in [0.15, 0.2) is 5.96 Å². The maximum Gasteiger partial charge on any atom is 0.221 e. The maximum atomic E-state index is 11.5. The molecule has 156 valence electrons. The number of piperazine rings is 1. The van der Waals surface area contributed by atoms with Crippen molar-refractivity contribution in [3.05, 3.63) is 24.3 Å². The highest BCUT2D eigenvalue weighted by Gasteiger charge is 2.20. The van der Waals surface area contributed by atoms with Crippen molar-refractivity contribution in [2.45, 2.75) is 20.8 Å². The normalized spacial score (nSPS) is 14.2. The number of hydrogen-bond donors (Lipinski definition) is 2. The number of rotatable bonds is 6. The van der Waals surface area contributed by atoms with E-state index in [1.807, 2.05) is 30.0 Å². The van der Waals surface area contributed by atoms with Crippen LogP contribution >= 0.6 is 24.0 Å². The Morgan fingerprint density at radius 3 is 2.43 bits per heavy atom. The summed E-state index contributed by atoms with van der Waals surface area (Å²) in [4.78, 5) is 31.2. The first kappa shape index (κ1) is 24.0. The molecule has 0 unspecified atom stereocenters. The van der Waals surface area contributed by atoms with Crippen LogP contribution in [0.25, 0.3) is 0 Å². The van der Waals surface area contributed by atoms with Crippen molar-refractivity contribution < 1.29 is 14.3 Å². The van der Waals surface area contributed by atoms with E-state index < -0.39 is 0 Å². The molecular formula is C19H30IN5O3. The van der Waals surface area contributed by atoms with Crippen LogP contribution in [-0.4, -0.2) is 73.4 Å². The number of carbonyl (C=O) groups is 2. The second kappa shape index (κ2) is 12.4. The third-order valence-electron chi connectivity index (χ3n) is 4.14. The Morgan fingerprint density at radius 1 is 1.14 bits per heavy atom. The molecule has 1 aliphatic heterocycles. The zero-order chi connectivity index (χ0) is 19.6. The standard InChI is InChI=1S/C19H29N5O3.HI/c1-4-20-19(24-11-9-23(10-12-24)16(3)26)21-8-13-27-18-7-5-6-17(14-18)22-15(2)25;/h5-7,14H,4,8-13H2,1-3H3,(H,20,21)(H,22,25);1H. The number of ether oxygens (including phenoxy) is 1. The summed E-state index contributed by atoms with van der Waals surface area (Å²) in [5.74, 6) is 1.54. The van der Waals surface area contributed by atoms with Crippen molar-refractivity contribution in [3.8, 4) is 5.75 Å². The number of anilines is 1. The van der Waals surface area contributed by atoms with Crippen LogP contribution in [0.1, 0.15) is 20.8 Å². The first-order chi connectivity index (χ1) is 13.0. The fourth-order valence-electron chi connectivity index (χ4n) is 2.84. The molecule has 28 heavy (non-hydrogen) atoms. The predicted octanol–water partition coefficient (Wildman–Crippen LogP) is 1.77. The van der Waals surface area contributed by atoms with Crippen LogP contribution in [0.4, 0.5) is 5.69 Å². The lowest BCUT2D eigenvalue weighted by Gasteiger charge is -2.36. The summed E-state index contributed by atoms with van der Waals surface area (Å²) in [6.07, 6.45) is 0. The molecule has 2 N–H and O–H groups in total. The fraction of sp³-hybridized carbons (Fsp3) is 0.526. The molecule has 0 bridgehead atoms. The van der Waals surface area contributed by atoms with Crippen LogP contribution in [0.5, 0.6) is 5.75 Å². The zero-order valence-electron chi connectivity index (χ0n) is 16.7. The van der Waals surface area contributed by atoms with Gasteiger partial charge in [0.05, 0.1) is 6.54 Å². The van der Waals surface area contributed by atoms with Crippen LogP contribution in [0.15, 0.2) is 29.3 Å². The van der Waals surface area contributed by atoms with Crippen molar-refractivity contribution in [2.75, 3.05) is 51.2 Å². The molecule has 0 spiro atoms. The topological polar surface area (TPSA) is 86.3 Å². The van der Waals surface area contributed by atoms with E-state index in [0.29, 0.717) is 37.7 Å². The quantitative estimate of drug-likeness (QED) is 0.268. The number of carbonyl (C=O) groups excluding carboxylic acids is 2. The van der Waals surface area contributed by atoms with E-state index in [9.17, 15) is 9.59 Å². The van der Waals surface area contributed by atoms with Crippen LogP contribution in [0.2, 0.25) is 0 Å². The van der Waals surface area contributed by atoms with Crippen LogP contribution in [-0.2, 0) is 9.59 Å². The molecule has 1 saturated heterocycles. The van der Waals surface area contributed by atoms with E-state index in [4.69, 9.17) is 4.74 Å². The summed E-state index contributed by atoms with van der Waals surface area (Å²) < 4.78 is 5.74. The number of hydrogen-bond acceptors (Lipinski definition) is 4. The number of guanidine groups is 1. The van der Waals surface area contributed by atoms with Crippen LogP contribution in [0.3, 0.4) is 0 Å². The van der Waals surface area contributed by atoms with Crippen molar-refractivity contribution >= 4 is 47.4 Å². The Morgan fingerprint density at radius 2 is 1.82 bits per heavy atom. The minimum absolute atomic E-state index is 0. The number of amides is 2. The van der Waals surface area contributed by atoms with E-state index in [1.54, 1.807) is 13.0 Å². The largest absolute Gasteiger partial charge is 0.492 e. The third kappa shape index (κ3) is 7.91. The molecule has 9 heteroatoms.